The molecule has 1 aliphatic heterocycles. The standard InChI is InChI=1S/C28H24ClF3N4O2/c29-21-10-8-20(9-11-21)24-14-25(28(30,31)32)36-26(35-24)23(16-34-36)27(37)33-15-18-6-12-22(13-7-18)38-17-19-4-2-1-3-5-19/h1-13,16,24-25,35H,14-15,17H2,(H,33,37). The van der Waals surface area contributed by atoms with E-state index in [4.69, 9.17) is 16.3 Å². The maximum Gasteiger partial charge on any atom is 0.410 e. The molecule has 0 aliphatic carbocycles. The number of carbonyl (C=O) groups is 1. The predicted molar refractivity (Wildman–Crippen MR) is 138 cm³/mol. The minimum absolute atomic E-state index is 0.0284. The number of amides is 1. The van der Waals surface area contributed by atoms with E-state index in [0.29, 0.717) is 22.9 Å². The van der Waals surface area contributed by atoms with E-state index in [1.54, 1.807) is 36.4 Å². The second-order valence-electron chi connectivity index (χ2n) is 8.99. The molecule has 2 atom stereocenters. The van der Waals surface area contributed by atoms with Gasteiger partial charge in [-0.1, -0.05) is 66.2 Å². The van der Waals surface area contributed by atoms with Gasteiger partial charge in [0.15, 0.2) is 6.04 Å². The largest absolute Gasteiger partial charge is 0.489 e. The minimum atomic E-state index is -4.54. The number of nitrogens with zero attached hydrogens (tertiary/aromatic N) is 2. The van der Waals surface area contributed by atoms with Gasteiger partial charge in [-0.2, -0.15) is 18.3 Å². The summed E-state index contributed by atoms with van der Waals surface area (Å²) in [5.74, 6) is 0.187. The Bertz CT molecular complexity index is 1390. The van der Waals surface area contributed by atoms with Gasteiger partial charge in [0, 0.05) is 18.0 Å². The zero-order valence-electron chi connectivity index (χ0n) is 20.1. The van der Waals surface area contributed by atoms with E-state index in [9.17, 15) is 18.0 Å². The van der Waals surface area contributed by atoms with Crippen LogP contribution in [0, 0.1) is 0 Å². The van der Waals surface area contributed by atoms with E-state index in [-0.39, 0.29) is 24.3 Å². The van der Waals surface area contributed by atoms with Gasteiger partial charge in [0.2, 0.25) is 0 Å². The summed E-state index contributed by atoms with van der Waals surface area (Å²) in [5, 5.41) is 10.2. The Morgan fingerprint density at radius 2 is 1.74 bits per heavy atom. The van der Waals surface area contributed by atoms with Crippen LogP contribution in [0.4, 0.5) is 19.0 Å². The van der Waals surface area contributed by atoms with Crippen molar-refractivity contribution in [2.24, 2.45) is 0 Å². The lowest BCUT2D eigenvalue weighted by atomic mass is 9.96. The van der Waals surface area contributed by atoms with Gasteiger partial charge in [0.05, 0.1) is 12.2 Å². The first-order valence-corrected chi connectivity index (χ1v) is 12.4. The topological polar surface area (TPSA) is 68.2 Å². The molecular formula is C28H24ClF3N4O2. The number of aromatic nitrogens is 2. The first kappa shape index (κ1) is 25.7. The molecule has 0 spiro atoms. The van der Waals surface area contributed by atoms with Gasteiger partial charge in [-0.05, 0) is 41.0 Å². The highest BCUT2D eigenvalue weighted by atomic mass is 35.5. The van der Waals surface area contributed by atoms with Crippen LogP contribution in [-0.4, -0.2) is 21.9 Å². The summed E-state index contributed by atoms with van der Waals surface area (Å²) < 4.78 is 48.4. The van der Waals surface area contributed by atoms with Crippen molar-refractivity contribution in [2.75, 3.05) is 5.32 Å². The van der Waals surface area contributed by atoms with E-state index in [0.717, 1.165) is 15.8 Å². The summed E-state index contributed by atoms with van der Waals surface area (Å²) in [6.07, 6.45) is -3.63. The molecule has 0 fully saturated rings. The fourth-order valence-electron chi connectivity index (χ4n) is 4.36. The van der Waals surface area contributed by atoms with Gasteiger partial charge in [-0.25, -0.2) is 4.68 Å². The van der Waals surface area contributed by atoms with E-state index >= 15 is 0 Å². The van der Waals surface area contributed by atoms with Crippen LogP contribution in [0.5, 0.6) is 5.75 Å². The Morgan fingerprint density at radius 3 is 2.42 bits per heavy atom. The molecule has 0 saturated carbocycles. The number of nitrogens with one attached hydrogen (secondary N) is 2. The predicted octanol–water partition coefficient (Wildman–Crippen LogP) is 6.71. The highest BCUT2D eigenvalue weighted by molar-refractivity contribution is 6.30. The normalized spacial score (nSPS) is 16.8. The first-order chi connectivity index (χ1) is 18.3. The van der Waals surface area contributed by atoms with Crippen molar-refractivity contribution in [1.82, 2.24) is 15.1 Å². The van der Waals surface area contributed by atoms with Crippen molar-refractivity contribution >= 4 is 23.3 Å². The van der Waals surface area contributed by atoms with Crippen LogP contribution >= 0.6 is 11.6 Å². The SMILES string of the molecule is O=C(NCc1ccc(OCc2ccccc2)cc1)c1cnn2c1NC(c1ccc(Cl)cc1)CC2C(F)(F)F. The lowest BCUT2D eigenvalue weighted by Gasteiger charge is -2.34. The van der Waals surface area contributed by atoms with Crippen LogP contribution in [0.1, 0.15) is 45.6 Å². The molecule has 4 aromatic rings. The summed E-state index contributed by atoms with van der Waals surface area (Å²) >= 11 is 5.94. The van der Waals surface area contributed by atoms with Crippen molar-refractivity contribution in [3.8, 4) is 5.75 Å². The fourth-order valence-corrected chi connectivity index (χ4v) is 4.49. The first-order valence-electron chi connectivity index (χ1n) is 12.0. The number of rotatable bonds is 7. The third-order valence-electron chi connectivity index (χ3n) is 6.38. The molecule has 1 aromatic heterocycles. The van der Waals surface area contributed by atoms with Crippen molar-refractivity contribution in [1.29, 1.82) is 0 Å². The Kier molecular flexibility index (Phi) is 7.28. The highest BCUT2D eigenvalue weighted by Gasteiger charge is 2.47. The van der Waals surface area contributed by atoms with Gasteiger partial charge in [-0.3, -0.25) is 4.79 Å². The number of benzene rings is 3. The number of halogens is 4. The summed E-state index contributed by atoms with van der Waals surface area (Å²) in [6, 6.07) is 21.1. The van der Waals surface area contributed by atoms with Gasteiger partial charge < -0.3 is 15.4 Å². The maximum atomic E-state index is 13.9. The van der Waals surface area contributed by atoms with Crippen molar-refractivity contribution in [3.05, 3.63) is 112 Å². The molecule has 1 aliphatic rings. The Labute approximate surface area is 222 Å². The third-order valence-corrected chi connectivity index (χ3v) is 6.63. The Morgan fingerprint density at radius 1 is 1.03 bits per heavy atom. The number of alkyl halides is 3. The molecule has 2 heterocycles. The minimum Gasteiger partial charge on any atom is -0.489 e. The zero-order chi connectivity index (χ0) is 26.7. The van der Waals surface area contributed by atoms with Crippen LogP contribution < -0.4 is 15.4 Å². The summed E-state index contributed by atoms with van der Waals surface area (Å²) in [5.41, 5.74) is 2.54. The maximum absolute atomic E-state index is 13.9. The summed E-state index contributed by atoms with van der Waals surface area (Å²) in [6.45, 7) is 0.623. The van der Waals surface area contributed by atoms with Crippen LogP contribution in [0.15, 0.2) is 85.1 Å². The Balaban J connectivity index is 1.27. The smallest absolute Gasteiger partial charge is 0.410 e. The molecule has 2 unspecified atom stereocenters. The highest BCUT2D eigenvalue weighted by Crippen LogP contribution is 2.44. The van der Waals surface area contributed by atoms with Gasteiger partial charge in [0.1, 0.15) is 23.7 Å². The fraction of sp³-hybridized carbons (Fsp3) is 0.214. The summed E-state index contributed by atoms with van der Waals surface area (Å²) in [7, 11) is 0. The van der Waals surface area contributed by atoms with E-state index < -0.39 is 24.2 Å². The van der Waals surface area contributed by atoms with Crippen LogP contribution in [-0.2, 0) is 13.2 Å². The molecule has 5 rings (SSSR count). The van der Waals surface area contributed by atoms with E-state index in [1.807, 2.05) is 42.5 Å². The number of anilines is 1. The lowest BCUT2D eigenvalue weighted by Crippen LogP contribution is -2.36. The lowest BCUT2D eigenvalue weighted by molar-refractivity contribution is -0.173. The molecule has 0 saturated heterocycles. The van der Waals surface area contributed by atoms with Gasteiger partial charge >= 0.3 is 6.18 Å². The number of fused-ring (bicyclic) bond motifs is 1. The molecule has 196 valence electrons. The number of ether oxygens (including phenoxy) is 1. The number of carbonyl (C=O) groups excluding carboxylic acids is 1. The molecule has 1 amide bonds. The van der Waals surface area contributed by atoms with Crippen LogP contribution in [0.3, 0.4) is 0 Å². The van der Waals surface area contributed by atoms with Crippen molar-refractivity contribution < 1.29 is 22.7 Å². The zero-order valence-corrected chi connectivity index (χ0v) is 20.8. The van der Waals surface area contributed by atoms with E-state index in [1.165, 1.54) is 6.20 Å². The van der Waals surface area contributed by atoms with Crippen molar-refractivity contribution in [3.63, 3.8) is 0 Å². The average molecular weight is 541 g/mol. The second kappa shape index (κ2) is 10.8. The Hall–Kier alpha value is -3.98. The number of hydrogen-bond acceptors (Lipinski definition) is 4. The van der Waals surface area contributed by atoms with Gasteiger partial charge in [-0.15, -0.1) is 0 Å². The molecule has 0 bridgehead atoms. The molecule has 38 heavy (non-hydrogen) atoms. The molecule has 3 aromatic carbocycles. The molecular weight excluding hydrogens is 517 g/mol. The molecule has 10 heteroatoms. The monoisotopic (exact) mass is 540 g/mol. The molecule has 2 N–H and O–H groups in total. The second-order valence-corrected chi connectivity index (χ2v) is 9.43. The van der Waals surface area contributed by atoms with E-state index in [2.05, 4.69) is 15.7 Å². The van der Waals surface area contributed by atoms with Crippen molar-refractivity contribution in [2.45, 2.75) is 37.8 Å². The quantitative estimate of drug-likeness (QED) is 0.273. The van der Waals surface area contributed by atoms with Gasteiger partial charge in [0.25, 0.3) is 5.91 Å². The average Bonchev–Trinajstić information content (AvgIpc) is 3.35. The molecule has 0 radical (unpaired) electrons. The number of hydrogen-bond donors (Lipinski definition) is 2. The third kappa shape index (κ3) is 5.78. The molecule has 6 nitrogen and oxygen atoms in total. The summed E-state index contributed by atoms with van der Waals surface area (Å²) in [4.78, 5) is 13.0. The van der Waals surface area contributed by atoms with Crippen LogP contribution in [0.2, 0.25) is 5.02 Å². The van der Waals surface area contributed by atoms with Crippen LogP contribution in [0.25, 0.3) is 0 Å².